The summed E-state index contributed by atoms with van der Waals surface area (Å²) in [5.74, 6) is 0.761. The van der Waals surface area contributed by atoms with E-state index in [9.17, 15) is 0 Å². The van der Waals surface area contributed by atoms with Crippen molar-refractivity contribution < 1.29 is 0 Å². The van der Waals surface area contributed by atoms with E-state index in [4.69, 9.17) is 0 Å². The minimum Gasteiger partial charge on any atom is -0.385 e. The molecular formula is C14H23N. The number of anilines is 1. The molecule has 0 fully saturated rings. The molecule has 0 aliphatic heterocycles. The second kappa shape index (κ2) is 5.79. The van der Waals surface area contributed by atoms with Gasteiger partial charge < -0.3 is 5.32 Å². The minimum atomic E-state index is 0.761. The van der Waals surface area contributed by atoms with Crippen molar-refractivity contribution in [1.29, 1.82) is 0 Å². The normalized spacial score (nSPS) is 12.5. The third-order valence-corrected chi connectivity index (χ3v) is 2.94. The van der Waals surface area contributed by atoms with Gasteiger partial charge in [-0.25, -0.2) is 0 Å². The lowest BCUT2D eigenvalue weighted by atomic mass is 10.1. The summed E-state index contributed by atoms with van der Waals surface area (Å²) in [5.41, 5.74) is 3.98. The summed E-state index contributed by atoms with van der Waals surface area (Å²) in [6.07, 6.45) is 2.58. The summed E-state index contributed by atoms with van der Waals surface area (Å²) < 4.78 is 0. The molecule has 0 spiro atoms. The standard InChI is InChI=1S/C14H23N/c1-5-6-11(2)10-15-14-8-7-12(3)13(4)9-14/h7-9,11,15H,5-6,10H2,1-4H3. The van der Waals surface area contributed by atoms with Crippen molar-refractivity contribution in [2.75, 3.05) is 11.9 Å². The summed E-state index contributed by atoms with van der Waals surface area (Å²) in [5, 5.41) is 3.50. The third kappa shape index (κ3) is 3.94. The number of rotatable bonds is 5. The van der Waals surface area contributed by atoms with Gasteiger partial charge in [-0.05, 0) is 49.4 Å². The van der Waals surface area contributed by atoms with Gasteiger partial charge in [0.2, 0.25) is 0 Å². The molecular weight excluding hydrogens is 182 g/mol. The number of nitrogens with one attached hydrogen (secondary N) is 1. The lowest BCUT2D eigenvalue weighted by Crippen LogP contribution is -2.11. The largest absolute Gasteiger partial charge is 0.385 e. The van der Waals surface area contributed by atoms with E-state index >= 15 is 0 Å². The number of aryl methyl sites for hydroxylation is 2. The summed E-state index contributed by atoms with van der Waals surface area (Å²) >= 11 is 0. The zero-order chi connectivity index (χ0) is 11.3. The van der Waals surface area contributed by atoms with Crippen LogP contribution in [0.2, 0.25) is 0 Å². The molecule has 0 aliphatic rings. The molecule has 1 aromatic carbocycles. The molecule has 1 atom stereocenters. The van der Waals surface area contributed by atoms with Crippen LogP contribution in [0.15, 0.2) is 18.2 Å². The predicted octanol–water partition coefficient (Wildman–Crippen LogP) is 4.15. The van der Waals surface area contributed by atoms with Crippen molar-refractivity contribution >= 4 is 5.69 Å². The highest BCUT2D eigenvalue weighted by Crippen LogP contribution is 2.15. The van der Waals surface area contributed by atoms with E-state index < -0.39 is 0 Å². The van der Waals surface area contributed by atoms with Gasteiger partial charge in [0.05, 0.1) is 0 Å². The van der Waals surface area contributed by atoms with Gasteiger partial charge in [0.25, 0.3) is 0 Å². The van der Waals surface area contributed by atoms with Crippen LogP contribution in [0.25, 0.3) is 0 Å². The highest BCUT2D eigenvalue weighted by Gasteiger charge is 2.01. The summed E-state index contributed by atoms with van der Waals surface area (Å²) in [6.45, 7) is 9.94. The van der Waals surface area contributed by atoms with Crippen molar-refractivity contribution in [2.45, 2.75) is 40.5 Å². The van der Waals surface area contributed by atoms with Crippen LogP contribution in [-0.4, -0.2) is 6.54 Å². The Labute approximate surface area is 93.9 Å². The lowest BCUT2D eigenvalue weighted by molar-refractivity contribution is 0.551. The highest BCUT2D eigenvalue weighted by atomic mass is 14.9. The summed E-state index contributed by atoms with van der Waals surface area (Å²) in [4.78, 5) is 0. The van der Waals surface area contributed by atoms with Crippen LogP contribution < -0.4 is 5.32 Å². The maximum atomic E-state index is 3.50. The Morgan fingerprint density at radius 2 is 1.93 bits per heavy atom. The molecule has 0 amide bonds. The Morgan fingerprint density at radius 3 is 2.53 bits per heavy atom. The third-order valence-electron chi connectivity index (χ3n) is 2.94. The van der Waals surface area contributed by atoms with Crippen LogP contribution in [0.1, 0.15) is 37.8 Å². The minimum absolute atomic E-state index is 0.761. The smallest absolute Gasteiger partial charge is 0.0343 e. The first-order valence-corrected chi connectivity index (χ1v) is 5.94. The van der Waals surface area contributed by atoms with Crippen LogP contribution >= 0.6 is 0 Å². The van der Waals surface area contributed by atoms with Gasteiger partial charge in [-0.15, -0.1) is 0 Å². The molecule has 1 unspecified atom stereocenters. The number of hydrogen-bond donors (Lipinski definition) is 1. The molecule has 1 heteroatoms. The van der Waals surface area contributed by atoms with Crippen molar-refractivity contribution in [3.63, 3.8) is 0 Å². The second-order valence-electron chi connectivity index (χ2n) is 4.57. The van der Waals surface area contributed by atoms with Gasteiger partial charge >= 0.3 is 0 Å². The van der Waals surface area contributed by atoms with Gasteiger partial charge in [-0.3, -0.25) is 0 Å². The Kier molecular flexibility index (Phi) is 4.67. The van der Waals surface area contributed by atoms with Crippen LogP contribution in [0.5, 0.6) is 0 Å². The Bertz CT molecular complexity index is 304. The van der Waals surface area contributed by atoms with Crippen molar-refractivity contribution in [3.05, 3.63) is 29.3 Å². The molecule has 0 aliphatic carbocycles. The monoisotopic (exact) mass is 205 g/mol. The highest BCUT2D eigenvalue weighted by molar-refractivity contribution is 5.48. The van der Waals surface area contributed by atoms with E-state index in [2.05, 4.69) is 51.2 Å². The Balaban J connectivity index is 2.47. The first-order chi connectivity index (χ1) is 7.13. The molecule has 0 saturated carbocycles. The van der Waals surface area contributed by atoms with E-state index in [1.165, 1.54) is 29.7 Å². The van der Waals surface area contributed by atoms with E-state index in [-0.39, 0.29) is 0 Å². The molecule has 0 bridgehead atoms. The van der Waals surface area contributed by atoms with Crippen molar-refractivity contribution in [3.8, 4) is 0 Å². The molecule has 1 nitrogen and oxygen atoms in total. The van der Waals surface area contributed by atoms with Crippen LogP contribution in [0, 0.1) is 19.8 Å². The van der Waals surface area contributed by atoms with Gasteiger partial charge in [-0.2, -0.15) is 0 Å². The SMILES string of the molecule is CCCC(C)CNc1ccc(C)c(C)c1. The molecule has 0 saturated heterocycles. The van der Waals surface area contributed by atoms with E-state index in [0.29, 0.717) is 0 Å². The maximum Gasteiger partial charge on any atom is 0.0343 e. The molecule has 1 rings (SSSR count). The second-order valence-corrected chi connectivity index (χ2v) is 4.57. The number of benzene rings is 1. The van der Waals surface area contributed by atoms with Gasteiger partial charge in [0.1, 0.15) is 0 Å². The van der Waals surface area contributed by atoms with Crippen molar-refractivity contribution in [2.24, 2.45) is 5.92 Å². The number of hydrogen-bond acceptors (Lipinski definition) is 1. The first kappa shape index (κ1) is 12.1. The average Bonchev–Trinajstić information content (AvgIpc) is 2.20. The lowest BCUT2D eigenvalue weighted by Gasteiger charge is -2.13. The van der Waals surface area contributed by atoms with Crippen molar-refractivity contribution in [1.82, 2.24) is 0 Å². The first-order valence-electron chi connectivity index (χ1n) is 5.94. The van der Waals surface area contributed by atoms with Gasteiger partial charge in [0, 0.05) is 12.2 Å². The molecule has 1 aromatic rings. The Hall–Kier alpha value is -0.980. The van der Waals surface area contributed by atoms with Crippen LogP contribution in [0.4, 0.5) is 5.69 Å². The zero-order valence-corrected chi connectivity index (χ0v) is 10.4. The molecule has 0 aromatic heterocycles. The molecule has 1 N–H and O–H groups in total. The predicted molar refractivity (Wildman–Crippen MR) is 68.5 cm³/mol. The van der Waals surface area contributed by atoms with E-state index in [0.717, 1.165) is 12.5 Å². The molecule has 0 radical (unpaired) electrons. The fourth-order valence-electron chi connectivity index (χ4n) is 1.74. The van der Waals surface area contributed by atoms with E-state index in [1.54, 1.807) is 0 Å². The molecule has 0 heterocycles. The molecule has 15 heavy (non-hydrogen) atoms. The Morgan fingerprint density at radius 1 is 1.20 bits per heavy atom. The fourth-order valence-corrected chi connectivity index (χ4v) is 1.74. The zero-order valence-electron chi connectivity index (χ0n) is 10.4. The summed E-state index contributed by atoms with van der Waals surface area (Å²) in [7, 11) is 0. The van der Waals surface area contributed by atoms with Crippen LogP contribution in [-0.2, 0) is 0 Å². The topological polar surface area (TPSA) is 12.0 Å². The average molecular weight is 205 g/mol. The molecule has 84 valence electrons. The summed E-state index contributed by atoms with van der Waals surface area (Å²) in [6, 6.07) is 6.58. The van der Waals surface area contributed by atoms with E-state index in [1.807, 2.05) is 0 Å². The maximum absolute atomic E-state index is 3.50. The van der Waals surface area contributed by atoms with Crippen LogP contribution in [0.3, 0.4) is 0 Å². The fraction of sp³-hybridized carbons (Fsp3) is 0.571. The van der Waals surface area contributed by atoms with Gasteiger partial charge in [0.15, 0.2) is 0 Å². The van der Waals surface area contributed by atoms with Gasteiger partial charge in [-0.1, -0.05) is 26.3 Å². The quantitative estimate of drug-likeness (QED) is 0.761.